The van der Waals surface area contributed by atoms with Gasteiger partial charge < -0.3 is 20.5 Å². The van der Waals surface area contributed by atoms with Gasteiger partial charge in [0.05, 0.1) is 0 Å². The molecule has 0 aliphatic heterocycles. The molecular formula is C44H44N2O5. The maximum absolute atomic E-state index is 13.2. The van der Waals surface area contributed by atoms with Crippen LogP contribution in [0.4, 0.5) is 5.69 Å². The molecular weight excluding hydrogens is 636 g/mol. The maximum Gasteiger partial charge on any atom is 0.397 e. The molecule has 7 heteroatoms. The van der Waals surface area contributed by atoms with Gasteiger partial charge in [-0.25, -0.2) is 4.79 Å². The van der Waals surface area contributed by atoms with E-state index in [0.29, 0.717) is 35.7 Å². The van der Waals surface area contributed by atoms with Crippen LogP contribution < -0.4 is 10.6 Å². The summed E-state index contributed by atoms with van der Waals surface area (Å²) in [4.78, 5) is 38.3. The van der Waals surface area contributed by atoms with Gasteiger partial charge in [-0.1, -0.05) is 135 Å². The Kier molecular flexibility index (Phi) is 11.9. The van der Waals surface area contributed by atoms with Crippen LogP contribution in [0.5, 0.6) is 5.75 Å². The topological polar surface area (TPSA) is 105 Å². The Labute approximate surface area is 299 Å². The molecule has 0 saturated heterocycles. The van der Waals surface area contributed by atoms with Crippen molar-refractivity contribution < 1.29 is 24.2 Å². The third kappa shape index (κ3) is 9.51. The molecule has 51 heavy (non-hydrogen) atoms. The van der Waals surface area contributed by atoms with E-state index in [0.717, 1.165) is 53.5 Å². The monoisotopic (exact) mass is 680 g/mol. The van der Waals surface area contributed by atoms with Gasteiger partial charge in [0, 0.05) is 35.7 Å². The van der Waals surface area contributed by atoms with E-state index in [2.05, 4.69) is 34.9 Å². The van der Waals surface area contributed by atoms with Crippen molar-refractivity contribution in [3.63, 3.8) is 0 Å². The molecule has 1 atom stereocenters. The number of ether oxygens (including phenoxy) is 1. The van der Waals surface area contributed by atoms with Gasteiger partial charge >= 0.3 is 11.9 Å². The molecule has 2 amide bonds. The van der Waals surface area contributed by atoms with Gasteiger partial charge in [-0.15, -0.1) is 0 Å². The Morgan fingerprint density at radius 3 is 1.86 bits per heavy atom. The lowest BCUT2D eigenvalue weighted by Gasteiger charge is -2.31. The first kappa shape index (κ1) is 35.1. The van der Waals surface area contributed by atoms with E-state index in [9.17, 15) is 19.5 Å². The molecule has 0 bridgehead atoms. The molecule has 0 aromatic heterocycles. The minimum absolute atomic E-state index is 0.0526. The van der Waals surface area contributed by atoms with Gasteiger partial charge in [-0.3, -0.25) is 9.59 Å². The third-order valence-electron chi connectivity index (χ3n) is 9.71. The first-order chi connectivity index (χ1) is 24.9. The van der Waals surface area contributed by atoms with Crippen LogP contribution in [0.3, 0.4) is 0 Å². The van der Waals surface area contributed by atoms with E-state index in [-0.39, 0.29) is 30.6 Å². The number of rotatable bonds is 12. The van der Waals surface area contributed by atoms with Gasteiger partial charge in [-0.2, -0.15) is 0 Å². The first-order valence-electron chi connectivity index (χ1n) is 17.8. The molecule has 3 N–H and O–H groups in total. The highest BCUT2D eigenvalue weighted by atomic mass is 16.5. The Morgan fingerprint density at radius 2 is 1.27 bits per heavy atom. The zero-order chi connectivity index (χ0) is 35.4. The number of aryl methyl sites for hydroxylation is 1. The summed E-state index contributed by atoms with van der Waals surface area (Å²) in [5.74, 6) is -1.09. The molecule has 0 heterocycles. The molecule has 0 spiro atoms. The number of amides is 2. The lowest BCUT2D eigenvalue weighted by atomic mass is 9.76. The van der Waals surface area contributed by atoms with Crippen molar-refractivity contribution in [3.8, 4) is 28.0 Å². The molecule has 5 aromatic rings. The average Bonchev–Trinajstić information content (AvgIpc) is 3.18. The lowest BCUT2D eigenvalue weighted by Crippen LogP contribution is -2.37. The van der Waals surface area contributed by atoms with Crippen molar-refractivity contribution in [3.05, 3.63) is 144 Å². The van der Waals surface area contributed by atoms with Gasteiger partial charge in [0.15, 0.2) is 0 Å². The fourth-order valence-electron chi connectivity index (χ4n) is 6.95. The largest absolute Gasteiger partial charge is 0.507 e. The average molecular weight is 681 g/mol. The summed E-state index contributed by atoms with van der Waals surface area (Å²) in [6, 6.07) is 40.5. The number of nitrogens with one attached hydrogen (secondary N) is 2. The number of hydrogen-bond donors (Lipinski definition) is 3. The number of phenols is 1. The van der Waals surface area contributed by atoms with E-state index in [1.807, 2.05) is 103 Å². The molecule has 1 aliphatic rings. The quantitative estimate of drug-likeness (QED) is 0.0694. The normalized spacial score (nSPS) is 13.6. The fraction of sp³-hybridized carbons (Fsp3) is 0.250. The number of hydrogen-bond acceptors (Lipinski definition) is 5. The fourth-order valence-corrected chi connectivity index (χ4v) is 6.95. The van der Waals surface area contributed by atoms with Crippen LogP contribution in [0.25, 0.3) is 22.3 Å². The van der Waals surface area contributed by atoms with Crippen molar-refractivity contribution in [2.24, 2.45) is 5.92 Å². The summed E-state index contributed by atoms with van der Waals surface area (Å²) >= 11 is 0. The van der Waals surface area contributed by atoms with Crippen molar-refractivity contribution >= 4 is 23.5 Å². The summed E-state index contributed by atoms with van der Waals surface area (Å²) in [7, 11) is 0. The Hall–Kier alpha value is -5.69. The van der Waals surface area contributed by atoms with E-state index < -0.39 is 11.9 Å². The first-order valence-corrected chi connectivity index (χ1v) is 17.8. The highest BCUT2D eigenvalue weighted by molar-refractivity contribution is 6.32. The molecule has 260 valence electrons. The lowest BCUT2D eigenvalue weighted by molar-refractivity contribution is -0.155. The number of carbonyl (C=O) groups excluding carboxylic acids is 3. The van der Waals surface area contributed by atoms with Crippen molar-refractivity contribution in [2.45, 2.75) is 57.5 Å². The highest BCUT2D eigenvalue weighted by Crippen LogP contribution is 2.41. The summed E-state index contributed by atoms with van der Waals surface area (Å²) in [6.45, 7) is 0.408. The number of benzene rings is 5. The van der Waals surface area contributed by atoms with Crippen LogP contribution >= 0.6 is 0 Å². The van der Waals surface area contributed by atoms with Crippen LogP contribution in [0, 0.1) is 5.92 Å². The second-order valence-electron chi connectivity index (χ2n) is 13.2. The van der Waals surface area contributed by atoms with E-state index in [1.54, 1.807) is 0 Å². The molecule has 5 aromatic carbocycles. The molecule has 0 radical (unpaired) electrons. The minimum atomic E-state index is -0.880. The Bertz CT molecular complexity index is 1840. The van der Waals surface area contributed by atoms with Gasteiger partial charge in [0.25, 0.3) is 0 Å². The number of carbonyl (C=O) groups is 3. The predicted octanol–water partition coefficient (Wildman–Crippen LogP) is 8.82. The molecule has 1 fully saturated rings. The zero-order valence-electron chi connectivity index (χ0n) is 28.7. The smallest absolute Gasteiger partial charge is 0.397 e. The highest BCUT2D eigenvalue weighted by Gasteiger charge is 2.27. The number of esters is 1. The van der Waals surface area contributed by atoms with Crippen LogP contribution in [0.1, 0.15) is 61.1 Å². The molecule has 7 nitrogen and oxygen atoms in total. The standard InChI is InChI=1S/C44H44N2O5/c47-41(46-37-27-38(33-15-7-2-8-16-33)42(48)39(28-37)34-17-9-3-10-18-34)26-23-31-21-24-36(25-22-31)40(35-19-11-4-12-20-35)29-45-43(49)44(50)51-30-32-13-5-1-6-14-32/h1-3,5-10,13-18,21-22,24-25,27-28,35,40,48H,4,11-12,19-20,23,26,29-30H2,(H,45,49)(H,46,47). The van der Waals surface area contributed by atoms with Crippen molar-refractivity contribution in [1.82, 2.24) is 5.32 Å². The Morgan fingerprint density at radius 1 is 0.706 bits per heavy atom. The minimum Gasteiger partial charge on any atom is -0.507 e. The van der Waals surface area contributed by atoms with Crippen molar-refractivity contribution in [1.29, 1.82) is 0 Å². The molecule has 6 rings (SSSR count). The molecule has 1 aliphatic carbocycles. The zero-order valence-corrected chi connectivity index (χ0v) is 28.7. The number of aromatic hydroxyl groups is 1. The van der Waals surface area contributed by atoms with E-state index in [1.165, 1.54) is 6.42 Å². The maximum atomic E-state index is 13.2. The van der Waals surface area contributed by atoms with E-state index >= 15 is 0 Å². The van der Waals surface area contributed by atoms with Crippen LogP contribution in [0.15, 0.2) is 127 Å². The van der Waals surface area contributed by atoms with Crippen LogP contribution in [0.2, 0.25) is 0 Å². The van der Waals surface area contributed by atoms with Crippen LogP contribution in [-0.2, 0) is 32.1 Å². The second kappa shape index (κ2) is 17.3. The number of phenolic OH excluding ortho intramolecular Hbond substituents is 1. The number of anilines is 1. The van der Waals surface area contributed by atoms with Gasteiger partial charge in [-0.05, 0) is 65.1 Å². The van der Waals surface area contributed by atoms with Crippen LogP contribution in [-0.4, -0.2) is 29.4 Å². The van der Waals surface area contributed by atoms with E-state index in [4.69, 9.17) is 4.74 Å². The Balaban J connectivity index is 1.09. The summed E-state index contributed by atoms with van der Waals surface area (Å²) < 4.78 is 5.24. The third-order valence-corrected chi connectivity index (χ3v) is 9.71. The SMILES string of the molecule is O=C(CCc1ccc(C(CNC(=O)C(=O)OCc2ccccc2)C2CCCCC2)cc1)Nc1cc(-c2ccccc2)c(O)c(-c2ccccc2)c1. The van der Waals surface area contributed by atoms with Crippen molar-refractivity contribution in [2.75, 3.05) is 11.9 Å². The summed E-state index contributed by atoms with van der Waals surface area (Å²) in [5.41, 5.74) is 6.60. The second-order valence-corrected chi connectivity index (χ2v) is 13.2. The van der Waals surface area contributed by atoms with Gasteiger partial charge in [0.2, 0.25) is 5.91 Å². The predicted molar refractivity (Wildman–Crippen MR) is 201 cm³/mol. The molecule has 1 saturated carbocycles. The summed E-state index contributed by atoms with van der Waals surface area (Å²) in [6.07, 6.45) is 6.53. The molecule has 1 unspecified atom stereocenters. The summed E-state index contributed by atoms with van der Waals surface area (Å²) in [5, 5.41) is 17.1. The van der Waals surface area contributed by atoms with Gasteiger partial charge in [0.1, 0.15) is 12.4 Å².